The summed E-state index contributed by atoms with van der Waals surface area (Å²) in [5.74, 6) is -0.0723. The molecule has 0 saturated heterocycles. The standard InChI is InChI=1S/C18H18ClN3O2S/c19-17-6-4-14(5-7-17)12-25(23,24)22-10-16-3-1-2-15(8-16)9-18-11-20-13-21-18/h1-8,11,13,22H,9-10,12H2,(H,20,21). The molecule has 0 bridgehead atoms. The Morgan fingerprint density at radius 2 is 1.80 bits per heavy atom. The highest BCUT2D eigenvalue weighted by Crippen LogP contribution is 2.13. The number of nitrogens with one attached hydrogen (secondary N) is 2. The highest BCUT2D eigenvalue weighted by atomic mass is 35.5. The van der Waals surface area contributed by atoms with Crippen molar-refractivity contribution in [1.29, 1.82) is 0 Å². The number of hydrogen-bond acceptors (Lipinski definition) is 3. The number of aromatic amines is 1. The molecule has 3 aromatic rings. The van der Waals surface area contributed by atoms with E-state index >= 15 is 0 Å². The van der Waals surface area contributed by atoms with Gasteiger partial charge in [0.05, 0.1) is 17.8 Å². The number of aromatic nitrogens is 2. The van der Waals surface area contributed by atoms with Crippen LogP contribution in [0.25, 0.3) is 0 Å². The van der Waals surface area contributed by atoms with Crippen LogP contribution >= 0.6 is 11.6 Å². The number of halogens is 1. The van der Waals surface area contributed by atoms with Crippen molar-refractivity contribution in [3.8, 4) is 0 Å². The van der Waals surface area contributed by atoms with E-state index in [-0.39, 0.29) is 12.3 Å². The molecule has 0 atom stereocenters. The van der Waals surface area contributed by atoms with Gasteiger partial charge >= 0.3 is 0 Å². The smallest absolute Gasteiger partial charge is 0.216 e. The maximum Gasteiger partial charge on any atom is 0.216 e. The van der Waals surface area contributed by atoms with Crippen LogP contribution in [0.1, 0.15) is 22.4 Å². The largest absolute Gasteiger partial charge is 0.351 e. The maximum atomic E-state index is 12.2. The van der Waals surface area contributed by atoms with Crippen LogP contribution in [0.5, 0.6) is 0 Å². The fraction of sp³-hybridized carbons (Fsp3) is 0.167. The second-order valence-electron chi connectivity index (χ2n) is 5.76. The highest BCUT2D eigenvalue weighted by molar-refractivity contribution is 7.88. The summed E-state index contributed by atoms with van der Waals surface area (Å²) in [6.45, 7) is 0.254. The molecule has 0 amide bonds. The van der Waals surface area contributed by atoms with Gasteiger partial charge in [-0.25, -0.2) is 18.1 Å². The third-order valence-electron chi connectivity index (χ3n) is 3.70. The van der Waals surface area contributed by atoms with E-state index in [1.807, 2.05) is 30.5 Å². The van der Waals surface area contributed by atoms with Crippen LogP contribution in [0.4, 0.5) is 0 Å². The van der Waals surface area contributed by atoms with Crippen LogP contribution in [0, 0.1) is 0 Å². The minimum Gasteiger partial charge on any atom is -0.351 e. The zero-order chi connectivity index (χ0) is 17.7. The predicted octanol–water partition coefficient (Wildman–Crippen LogP) is 3.27. The molecule has 130 valence electrons. The minimum absolute atomic E-state index is 0.0723. The number of sulfonamides is 1. The van der Waals surface area contributed by atoms with Crippen LogP contribution in [0.2, 0.25) is 5.02 Å². The molecule has 7 heteroatoms. The van der Waals surface area contributed by atoms with E-state index in [9.17, 15) is 8.42 Å². The maximum absolute atomic E-state index is 12.2. The van der Waals surface area contributed by atoms with Gasteiger partial charge in [0, 0.05) is 24.2 Å². The first-order chi connectivity index (χ1) is 12.0. The minimum atomic E-state index is -3.42. The molecule has 0 spiro atoms. The molecule has 0 unspecified atom stereocenters. The number of rotatable bonds is 7. The van der Waals surface area contributed by atoms with E-state index in [4.69, 9.17) is 11.6 Å². The molecule has 2 aromatic carbocycles. The van der Waals surface area contributed by atoms with Crippen LogP contribution in [-0.2, 0) is 28.7 Å². The van der Waals surface area contributed by atoms with Crippen LogP contribution < -0.4 is 4.72 Å². The van der Waals surface area contributed by atoms with Gasteiger partial charge < -0.3 is 4.98 Å². The van der Waals surface area contributed by atoms with Crippen molar-refractivity contribution in [2.75, 3.05) is 0 Å². The van der Waals surface area contributed by atoms with Gasteiger partial charge in [-0.3, -0.25) is 0 Å². The quantitative estimate of drug-likeness (QED) is 0.665. The molecule has 0 radical (unpaired) electrons. The topological polar surface area (TPSA) is 74.8 Å². The second-order valence-corrected chi connectivity index (χ2v) is 8.01. The molecule has 0 aliphatic rings. The van der Waals surface area contributed by atoms with Crippen molar-refractivity contribution in [3.63, 3.8) is 0 Å². The Morgan fingerprint density at radius 3 is 2.52 bits per heavy atom. The number of nitrogens with zero attached hydrogens (tertiary/aromatic N) is 1. The summed E-state index contributed by atoms with van der Waals surface area (Å²) in [6.07, 6.45) is 4.19. The molecule has 0 saturated carbocycles. The summed E-state index contributed by atoms with van der Waals surface area (Å²) in [7, 11) is -3.42. The summed E-state index contributed by atoms with van der Waals surface area (Å²) < 4.78 is 27.1. The number of H-pyrrole nitrogens is 1. The molecule has 2 N–H and O–H groups in total. The highest BCUT2D eigenvalue weighted by Gasteiger charge is 2.11. The zero-order valence-corrected chi connectivity index (χ0v) is 15.0. The van der Waals surface area contributed by atoms with Gasteiger partial charge in [0.15, 0.2) is 0 Å². The van der Waals surface area contributed by atoms with Gasteiger partial charge in [-0.2, -0.15) is 0 Å². The van der Waals surface area contributed by atoms with E-state index in [0.29, 0.717) is 17.0 Å². The molecule has 1 heterocycles. The fourth-order valence-corrected chi connectivity index (χ4v) is 3.74. The van der Waals surface area contributed by atoms with Crippen molar-refractivity contribution >= 4 is 21.6 Å². The molecule has 1 aromatic heterocycles. The summed E-state index contributed by atoms with van der Waals surface area (Å²) in [5, 5.41) is 0.586. The Labute approximate surface area is 152 Å². The lowest BCUT2D eigenvalue weighted by Crippen LogP contribution is -2.24. The summed E-state index contributed by atoms with van der Waals surface area (Å²) >= 11 is 5.82. The van der Waals surface area contributed by atoms with Gasteiger partial charge in [-0.15, -0.1) is 0 Å². The van der Waals surface area contributed by atoms with E-state index in [1.54, 1.807) is 30.6 Å². The molecule has 5 nitrogen and oxygen atoms in total. The zero-order valence-electron chi connectivity index (χ0n) is 13.4. The Kier molecular flexibility index (Phi) is 5.53. The second kappa shape index (κ2) is 7.82. The van der Waals surface area contributed by atoms with Gasteiger partial charge in [0.1, 0.15) is 0 Å². The first-order valence-electron chi connectivity index (χ1n) is 7.77. The van der Waals surface area contributed by atoms with Crippen LogP contribution in [-0.4, -0.2) is 18.4 Å². The van der Waals surface area contributed by atoms with Crippen LogP contribution in [0.15, 0.2) is 61.1 Å². The first-order valence-corrected chi connectivity index (χ1v) is 9.80. The molecule has 0 aliphatic carbocycles. The number of hydrogen-bond donors (Lipinski definition) is 2. The number of imidazole rings is 1. The Morgan fingerprint density at radius 1 is 1.04 bits per heavy atom. The SMILES string of the molecule is O=S(=O)(Cc1ccc(Cl)cc1)NCc1cccc(Cc2c[nH]cn2)c1. The van der Waals surface area contributed by atoms with E-state index in [0.717, 1.165) is 16.8 Å². The summed E-state index contributed by atoms with van der Waals surface area (Å²) in [6, 6.07) is 14.6. The number of benzene rings is 2. The lowest BCUT2D eigenvalue weighted by atomic mass is 10.1. The Hall–Kier alpha value is -2.15. The van der Waals surface area contributed by atoms with Gasteiger partial charge in [-0.1, -0.05) is 48.0 Å². The van der Waals surface area contributed by atoms with Gasteiger partial charge in [0.25, 0.3) is 0 Å². The predicted molar refractivity (Wildman–Crippen MR) is 98.8 cm³/mol. The third-order valence-corrected chi connectivity index (χ3v) is 5.25. The van der Waals surface area contributed by atoms with Crippen LogP contribution in [0.3, 0.4) is 0 Å². The average molecular weight is 376 g/mol. The summed E-state index contributed by atoms with van der Waals surface area (Å²) in [5.41, 5.74) is 3.64. The monoisotopic (exact) mass is 375 g/mol. The normalized spacial score (nSPS) is 11.6. The Balaban J connectivity index is 1.61. The molecule has 0 fully saturated rings. The average Bonchev–Trinajstić information content (AvgIpc) is 3.08. The van der Waals surface area contributed by atoms with Gasteiger partial charge in [0.2, 0.25) is 10.0 Å². The van der Waals surface area contributed by atoms with E-state index in [1.165, 1.54) is 0 Å². The van der Waals surface area contributed by atoms with Crippen molar-refractivity contribution in [2.24, 2.45) is 0 Å². The molecular weight excluding hydrogens is 358 g/mol. The van der Waals surface area contributed by atoms with Crippen molar-refractivity contribution in [1.82, 2.24) is 14.7 Å². The van der Waals surface area contributed by atoms with E-state index in [2.05, 4.69) is 14.7 Å². The fourth-order valence-electron chi connectivity index (χ4n) is 2.49. The molecular formula is C18H18ClN3O2S. The van der Waals surface area contributed by atoms with E-state index < -0.39 is 10.0 Å². The molecule has 3 rings (SSSR count). The molecule has 0 aliphatic heterocycles. The van der Waals surface area contributed by atoms with Crippen molar-refractivity contribution < 1.29 is 8.42 Å². The Bertz CT molecular complexity index is 923. The van der Waals surface area contributed by atoms with Crippen molar-refractivity contribution in [2.45, 2.75) is 18.7 Å². The third kappa shape index (κ3) is 5.42. The molecule has 25 heavy (non-hydrogen) atoms. The lowest BCUT2D eigenvalue weighted by Gasteiger charge is -2.08. The van der Waals surface area contributed by atoms with Gasteiger partial charge in [-0.05, 0) is 28.8 Å². The first kappa shape index (κ1) is 17.7. The lowest BCUT2D eigenvalue weighted by molar-refractivity contribution is 0.580. The van der Waals surface area contributed by atoms with Crippen molar-refractivity contribution in [3.05, 3.63) is 88.5 Å². The summed E-state index contributed by atoms with van der Waals surface area (Å²) in [4.78, 5) is 7.13.